The number of hydrogen-bond acceptors (Lipinski definition) is 5. The molecule has 0 aliphatic carbocycles. The summed E-state index contributed by atoms with van der Waals surface area (Å²) in [6.45, 7) is 0. The van der Waals surface area contributed by atoms with Gasteiger partial charge in [-0.15, -0.1) is 0 Å². The first-order valence-corrected chi connectivity index (χ1v) is 2.00. The van der Waals surface area contributed by atoms with Crippen molar-refractivity contribution in [1.29, 1.82) is 0 Å². The van der Waals surface area contributed by atoms with Gasteiger partial charge in [-0.1, -0.05) is 0 Å². The molecule has 0 unspecified atom stereocenters. The van der Waals surface area contributed by atoms with Gasteiger partial charge in [0, 0.05) is 10.4 Å². The molecule has 0 aliphatic heterocycles. The second-order valence-electron chi connectivity index (χ2n) is 0.408. The van der Waals surface area contributed by atoms with Crippen molar-refractivity contribution in [3.05, 3.63) is 0 Å². The van der Waals surface area contributed by atoms with Crippen LogP contribution in [-0.4, -0.2) is 50.3 Å². The normalized spacial score (nSPS) is 7.25. The molecule has 0 saturated heterocycles. The number of rotatable bonds is 0. The van der Waals surface area contributed by atoms with Gasteiger partial charge >= 0.3 is 27.3 Å². The minimum absolute atomic E-state index is 0. The molecule has 0 rings (SSSR count). The Labute approximate surface area is 66.9 Å². The van der Waals surface area contributed by atoms with Crippen molar-refractivity contribution in [2.45, 2.75) is 0 Å². The van der Waals surface area contributed by atoms with Gasteiger partial charge in [0.05, 0.1) is 0 Å². The van der Waals surface area contributed by atoms with Crippen LogP contribution >= 0.6 is 0 Å². The Morgan fingerprint density at radius 3 is 1.12 bits per heavy atom. The summed E-state index contributed by atoms with van der Waals surface area (Å²) < 4.78 is 34.1. The second kappa shape index (κ2) is 7.71. The Bertz CT molecular complexity index is 95.6. The van der Waals surface area contributed by atoms with Crippen LogP contribution in [0, 0.1) is 0 Å². The molecular formula is H5NO5PbS. The van der Waals surface area contributed by atoms with Crippen LogP contribution in [0.15, 0.2) is 0 Å². The van der Waals surface area contributed by atoms with Gasteiger partial charge in [0.25, 0.3) is 0 Å². The standard InChI is InChI=1S/H3N.H2O4S.H2O.Pb/c;1-5(2,3)4;;/h1H3;(H2,1,2,3,4);1H2;/q;;;+2/p-2. The summed E-state index contributed by atoms with van der Waals surface area (Å²) in [7, 11) is -5.17. The molecule has 0 heterocycles. The molecule has 6 nitrogen and oxygen atoms in total. The summed E-state index contributed by atoms with van der Waals surface area (Å²) in [5, 5.41) is 0. The third kappa shape index (κ3) is 432. The van der Waals surface area contributed by atoms with Gasteiger partial charge in [-0.05, 0) is 0 Å². The zero-order valence-electron chi connectivity index (χ0n) is 3.99. The topological polar surface area (TPSA) is 147 Å². The van der Waals surface area contributed by atoms with Gasteiger partial charge in [0.15, 0.2) is 0 Å². The maximum absolute atomic E-state index is 8.52. The van der Waals surface area contributed by atoms with Crippen LogP contribution < -0.4 is 6.15 Å². The van der Waals surface area contributed by atoms with Gasteiger partial charge in [-0.25, -0.2) is 0 Å². The predicted octanol–water partition coefficient (Wildman–Crippen LogP) is -1.52. The Balaban J connectivity index is -0.0000000267. The molecule has 0 saturated carbocycles. The summed E-state index contributed by atoms with van der Waals surface area (Å²) in [4.78, 5) is 0. The van der Waals surface area contributed by atoms with E-state index in [4.69, 9.17) is 17.5 Å². The second-order valence-corrected chi connectivity index (χ2v) is 1.22. The number of hydrogen-bond donors (Lipinski definition) is 1. The summed E-state index contributed by atoms with van der Waals surface area (Å²) in [5.41, 5.74) is 0. The molecule has 2 radical (unpaired) electrons. The van der Waals surface area contributed by atoms with E-state index >= 15 is 0 Å². The van der Waals surface area contributed by atoms with E-state index in [0.29, 0.717) is 0 Å². The van der Waals surface area contributed by atoms with Crippen LogP contribution in [0.4, 0.5) is 0 Å². The van der Waals surface area contributed by atoms with Gasteiger partial charge in [-0.3, -0.25) is 8.42 Å². The molecule has 5 N–H and O–H groups in total. The fourth-order valence-electron chi connectivity index (χ4n) is 0. The molecule has 0 fully saturated rings. The van der Waals surface area contributed by atoms with Crippen molar-refractivity contribution in [1.82, 2.24) is 6.15 Å². The Morgan fingerprint density at radius 2 is 1.12 bits per heavy atom. The van der Waals surface area contributed by atoms with Crippen LogP contribution in [0.5, 0.6) is 0 Å². The van der Waals surface area contributed by atoms with E-state index in [1.807, 2.05) is 0 Å². The molecule has 8 heavy (non-hydrogen) atoms. The molecule has 0 aromatic heterocycles. The maximum Gasteiger partial charge on any atom is 2.00 e. The minimum atomic E-state index is -5.17. The Kier molecular flexibility index (Phi) is 22.5. The average molecular weight is 338 g/mol. The monoisotopic (exact) mass is 339 g/mol. The quantitative estimate of drug-likeness (QED) is 0.324. The summed E-state index contributed by atoms with van der Waals surface area (Å²) in [6, 6.07) is 0. The van der Waals surface area contributed by atoms with E-state index in [1.54, 1.807) is 0 Å². The molecule has 8 heteroatoms. The van der Waals surface area contributed by atoms with E-state index < -0.39 is 10.4 Å². The molecule has 0 atom stereocenters. The van der Waals surface area contributed by atoms with E-state index in [-0.39, 0.29) is 38.9 Å². The largest absolute Gasteiger partial charge is 2.00 e. The van der Waals surface area contributed by atoms with E-state index in [9.17, 15) is 0 Å². The molecular weight excluding hydrogens is 333 g/mol. The minimum Gasteiger partial charge on any atom is -0.870 e. The maximum atomic E-state index is 8.52. The van der Waals surface area contributed by atoms with Crippen LogP contribution in [0.2, 0.25) is 0 Å². The fraction of sp³-hybridized carbons (Fsp3) is 0. The summed E-state index contributed by atoms with van der Waals surface area (Å²) in [6.07, 6.45) is 0. The Morgan fingerprint density at radius 1 is 1.12 bits per heavy atom. The van der Waals surface area contributed by atoms with Crippen molar-refractivity contribution >= 4 is 37.7 Å². The smallest absolute Gasteiger partial charge is 0.870 e. The molecule has 50 valence electrons. The fourth-order valence-corrected chi connectivity index (χ4v) is 0. The van der Waals surface area contributed by atoms with Crippen molar-refractivity contribution < 1.29 is 23.0 Å². The third-order valence-corrected chi connectivity index (χ3v) is 0. The third-order valence-electron chi connectivity index (χ3n) is 0. The number of quaternary nitrogens is 1. The average Bonchev–Trinajstić information content (AvgIpc) is 0.722. The molecule has 0 aromatic carbocycles. The first-order valence-electron chi connectivity index (χ1n) is 0.667. The van der Waals surface area contributed by atoms with Crippen molar-refractivity contribution in [2.75, 3.05) is 0 Å². The molecule has 0 bridgehead atoms. The zero-order valence-corrected chi connectivity index (χ0v) is 8.69. The van der Waals surface area contributed by atoms with Gasteiger partial charge in [0.1, 0.15) is 0 Å². The SMILES string of the molecule is O=S(=O)([O-])[O-].[NH4+].[OH-].[Pb+2]. The van der Waals surface area contributed by atoms with E-state index in [2.05, 4.69) is 0 Å². The van der Waals surface area contributed by atoms with Gasteiger partial charge in [-0.2, -0.15) is 0 Å². The molecule has 0 spiro atoms. The first kappa shape index (κ1) is 23.3. The van der Waals surface area contributed by atoms with Crippen molar-refractivity contribution in [3.8, 4) is 0 Å². The molecule has 0 amide bonds. The summed E-state index contributed by atoms with van der Waals surface area (Å²) in [5.74, 6) is 0. The van der Waals surface area contributed by atoms with Crippen LogP contribution in [0.25, 0.3) is 0 Å². The van der Waals surface area contributed by atoms with Gasteiger partial charge in [0.2, 0.25) is 0 Å². The van der Waals surface area contributed by atoms with Crippen molar-refractivity contribution in [2.24, 2.45) is 0 Å². The van der Waals surface area contributed by atoms with Crippen LogP contribution in [-0.2, 0) is 10.4 Å². The zero-order chi connectivity index (χ0) is 4.50. The van der Waals surface area contributed by atoms with Gasteiger partial charge < -0.3 is 20.7 Å². The summed E-state index contributed by atoms with van der Waals surface area (Å²) >= 11 is 0. The molecule has 0 aliphatic rings. The van der Waals surface area contributed by atoms with Crippen LogP contribution in [0.1, 0.15) is 0 Å². The molecule has 0 aromatic rings. The predicted molar refractivity (Wildman–Crippen MR) is 24.1 cm³/mol. The van der Waals surface area contributed by atoms with E-state index in [1.165, 1.54) is 0 Å². The van der Waals surface area contributed by atoms with Crippen LogP contribution in [0.3, 0.4) is 0 Å². The van der Waals surface area contributed by atoms with Crippen molar-refractivity contribution in [3.63, 3.8) is 0 Å². The Hall–Kier alpha value is 0.712. The van der Waals surface area contributed by atoms with E-state index in [0.717, 1.165) is 0 Å². The first-order chi connectivity index (χ1) is 2.00.